The molecule has 0 fully saturated rings. The number of thioether (sulfide) groups is 1. The van der Waals surface area contributed by atoms with Crippen LogP contribution >= 0.6 is 23.4 Å². The molecule has 1 aliphatic heterocycles. The van der Waals surface area contributed by atoms with Crippen LogP contribution in [0.5, 0.6) is 0 Å². The van der Waals surface area contributed by atoms with Crippen molar-refractivity contribution in [1.82, 2.24) is 5.32 Å². The van der Waals surface area contributed by atoms with Crippen molar-refractivity contribution in [1.29, 1.82) is 0 Å². The molecule has 0 aliphatic carbocycles. The molecule has 0 bridgehead atoms. The van der Waals surface area contributed by atoms with Crippen LogP contribution in [0.1, 0.15) is 35.7 Å². The van der Waals surface area contributed by atoms with E-state index < -0.39 is 0 Å². The van der Waals surface area contributed by atoms with Gasteiger partial charge in [0, 0.05) is 18.0 Å². The second-order valence-corrected chi connectivity index (χ2v) is 8.27. The number of nitrogens with one attached hydrogen (secondary N) is 2. The number of hydrogen-bond acceptors (Lipinski definition) is 4. The lowest BCUT2D eigenvalue weighted by atomic mass is 10.0. The van der Waals surface area contributed by atoms with Crippen molar-refractivity contribution in [3.05, 3.63) is 75.3 Å². The van der Waals surface area contributed by atoms with Gasteiger partial charge in [-0.15, -0.1) is 11.8 Å². The Labute approximate surface area is 179 Å². The number of allylic oxidation sites excluding steroid dienone is 1. The average molecular weight is 431 g/mol. The van der Waals surface area contributed by atoms with Crippen LogP contribution in [0.4, 0.5) is 5.69 Å². The van der Waals surface area contributed by atoms with E-state index in [0.29, 0.717) is 35.1 Å². The molecule has 1 aliphatic rings. The van der Waals surface area contributed by atoms with Gasteiger partial charge >= 0.3 is 0 Å². The van der Waals surface area contributed by atoms with Crippen molar-refractivity contribution in [2.75, 3.05) is 24.2 Å². The van der Waals surface area contributed by atoms with E-state index in [-0.39, 0.29) is 22.8 Å². The molecule has 5 nitrogen and oxygen atoms in total. The van der Waals surface area contributed by atoms with Crippen molar-refractivity contribution in [2.24, 2.45) is 0 Å². The number of anilines is 1. The van der Waals surface area contributed by atoms with Crippen molar-refractivity contribution in [3.63, 3.8) is 0 Å². The number of halogens is 1. The van der Waals surface area contributed by atoms with Crippen LogP contribution < -0.4 is 10.6 Å². The molecule has 2 aromatic carbocycles. The number of rotatable bonds is 6. The van der Waals surface area contributed by atoms with E-state index in [1.807, 2.05) is 30.3 Å². The van der Waals surface area contributed by atoms with Crippen LogP contribution in [0.3, 0.4) is 0 Å². The summed E-state index contributed by atoms with van der Waals surface area (Å²) in [6.45, 7) is 4.94. The standard InChI is InChI=1S/C22H23ClN2O3S/c1-14(16-6-4-3-5-7-16)13-24-21(26)18-9-8-17(12-19(18)23)25-22(27)20-15(2)28-10-11-29-20/h3-9,12,14H,10-11,13H2,1-2H3,(H,24,26)(H,25,27). The van der Waals surface area contributed by atoms with E-state index in [0.717, 1.165) is 11.3 Å². The minimum atomic E-state index is -0.245. The van der Waals surface area contributed by atoms with Gasteiger partial charge in [0.2, 0.25) is 0 Å². The van der Waals surface area contributed by atoms with Gasteiger partial charge in [-0.1, -0.05) is 48.9 Å². The molecule has 0 spiro atoms. The zero-order valence-corrected chi connectivity index (χ0v) is 17.9. The molecule has 2 aromatic rings. The Morgan fingerprint density at radius 1 is 1.17 bits per heavy atom. The highest BCUT2D eigenvalue weighted by atomic mass is 35.5. The molecule has 1 atom stereocenters. The van der Waals surface area contributed by atoms with Crippen molar-refractivity contribution in [2.45, 2.75) is 19.8 Å². The lowest BCUT2D eigenvalue weighted by molar-refractivity contribution is -0.112. The minimum Gasteiger partial charge on any atom is -0.496 e. The van der Waals surface area contributed by atoms with Gasteiger partial charge in [0.25, 0.3) is 11.8 Å². The maximum Gasteiger partial charge on any atom is 0.265 e. The van der Waals surface area contributed by atoms with E-state index in [9.17, 15) is 9.59 Å². The highest BCUT2D eigenvalue weighted by Gasteiger charge is 2.19. The molecular weight excluding hydrogens is 408 g/mol. The van der Waals surface area contributed by atoms with Crippen molar-refractivity contribution >= 4 is 40.9 Å². The van der Waals surface area contributed by atoms with E-state index in [4.69, 9.17) is 16.3 Å². The molecule has 29 heavy (non-hydrogen) atoms. The maximum absolute atomic E-state index is 12.5. The lowest BCUT2D eigenvalue weighted by Gasteiger charge is -2.18. The lowest BCUT2D eigenvalue weighted by Crippen LogP contribution is -2.27. The normalized spacial score (nSPS) is 14.7. The van der Waals surface area contributed by atoms with Crippen LogP contribution in [0.2, 0.25) is 5.02 Å². The Hall–Kier alpha value is -2.44. The SMILES string of the molecule is CC1=C(C(=O)Nc2ccc(C(=O)NCC(C)c3ccccc3)c(Cl)c2)SCCO1. The van der Waals surface area contributed by atoms with E-state index in [2.05, 4.69) is 17.6 Å². The van der Waals surface area contributed by atoms with Gasteiger partial charge in [-0.3, -0.25) is 9.59 Å². The molecule has 1 heterocycles. The highest BCUT2D eigenvalue weighted by Crippen LogP contribution is 2.28. The number of benzene rings is 2. The molecule has 1 unspecified atom stereocenters. The third-order valence-electron chi connectivity index (χ3n) is 4.58. The van der Waals surface area contributed by atoms with Gasteiger partial charge in [-0.25, -0.2) is 0 Å². The van der Waals surface area contributed by atoms with Crippen LogP contribution in [0.25, 0.3) is 0 Å². The van der Waals surface area contributed by atoms with Crippen molar-refractivity contribution < 1.29 is 14.3 Å². The molecule has 0 saturated carbocycles. The quantitative estimate of drug-likeness (QED) is 0.690. The molecular formula is C22H23ClN2O3S. The molecule has 2 N–H and O–H groups in total. The predicted molar refractivity (Wildman–Crippen MR) is 118 cm³/mol. The first kappa shape index (κ1) is 21.3. The number of carbonyl (C=O) groups is 2. The Balaban J connectivity index is 1.61. The van der Waals surface area contributed by atoms with E-state index >= 15 is 0 Å². The zero-order chi connectivity index (χ0) is 20.8. The topological polar surface area (TPSA) is 67.4 Å². The second kappa shape index (κ2) is 9.85. The average Bonchev–Trinajstić information content (AvgIpc) is 2.72. The zero-order valence-electron chi connectivity index (χ0n) is 16.3. The van der Waals surface area contributed by atoms with Crippen LogP contribution in [-0.4, -0.2) is 30.7 Å². The molecule has 152 valence electrons. The van der Waals surface area contributed by atoms with Crippen LogP contribution in [0.15, 0.2) is 59.2 Å². The number of amides is 2. The molecule has 2 amide bonds. The summed E-state index contributed by atoms with van der Waals surface area (Å²) in [5.41, 5.74) is 2.06. The summed E-state index contributed by atoms with van der Waals surface area (Å²) >= 11 is 7.76. The molecule has 0 radical (unpaired) electrons. The van der Waals surface area contributed by atoms with Gasteiger partial charge in [-0.05, 0) is 36.6 Å². The van der Waals surface area contributed by atoms with Crippen LogP contribution in [-0.2, 0) is 9.53 Å². The van der Waals surface area contributed by atoms with Crippen LogP contribution in [0, 0.1) is 0 Å². The highest BCUT2D eigenvalue weighted by molar-refractivity contribution is 8.04. The third-order valence-corrected chi connectivity index (χ3v) is 6.03. The number of ether oxygens (including phenoxy) is 1. The van der Waals surface area contributed by atoms with Gasteiger partial charge < -0.3 is 15.4 Å². The summed E-state index contributed by atoms with van der Waals surface area (Å²) in [5, 5.41) is 6.01. The Bertz CT molecular complexity index is 931. The number of carbonyl (C=O) groups excluding carboxylic acids is 2. The third kappa shape index (κ3) is 5.55. The largest absolute Gasteiger partial charge is 0.496 e. The van der Waals surface area contributed by atoms with Crippen molar-refractivity contribution in [3.8, 4) is 0 Å². The summed E-state index contributed by atoms with van der Waals surface area (Å²) in [4.78, 5) is 25.5. The molecule has 7 heteroatoms. The molecule has 0 saturated heterocycles. The van der Waals surface area contributed by atoms with Gasteiger partial charge in [0.05, 0.1) is 17.2 Å². The van der Waals surface area contributed by atoms with E-state index in [1.54, 1.807) is 25.1 Å². The summed E-state index contributed by atoms with van der Waals surface area (Å²) in [7, 11) is 0. The Morgan fingerprint density at radius 2 is 1.93 bits per heavy atom. The smallest absolute Gasteiger partial charge is 0.265 e. The number of hydrogen-bond donors (Lipinski definition) is 2. The molecule has 3 rings (SSSR count). The first-order valence-electron chi connectivity index (χ1n) is 9.36. The predicted octanol–water partition coefficient (Wildman–Crippen LogP) is 4.81. The van der Waals surface area contributed by atoms with Gasteiger partial charge in [0.15, 0.2) is 0 Å². The first-order chi connectivity index (χ1) is 14.0. The Kier molecular flexibility index (Phi) is 7.23. The van der Waals surface area contributed by atoms with E-state index in [1.165, 1.54) is 11.8 Å². The van der Waals surface area contributed by atoms with Gasteiger partial charge in [0.1, 0.15) is 10.7 Å². The fourth-order valence-corrected chi connectivity index (χ4v) is 4.02. The molecule has 0 aromatic heterocycles. The minimum absolute atomic E-state index is 0.184. The fraction of sp³-hybridized carbons (Fsp3) is 0.273. The monoisotopic (exact) mass is 430 g/mol. The maximum atomic E-state index is 12.5. The fourth-order valence-electron chi connectivity index (χ4n) is 2.94. The summed E-state index contributed by atoms with van der Waals surface area (Å²) < 4.78 is 5.42. The first-order valence-corrected chi connectivity index (χ1v) is 10.7. The van der Waals surface area contributed by atoms with Gasteiger partial charge in [-0.2, -0.15) is 0 Å². The summed E-state index contributed by atoms with van der Waals surface area (Å²) in [5.74, 6) is 1.06. The summed E-state index contributed by atoms with van der Waals surface area (Å²) in [6, 6.07) is 14.9. The second-order valence-electron chi connectivity index (χ2n) is 6.75. The Morgan fingerprint density at radius 3 is 2.62 bits per heavy atom. The summed E-state index contributed by atoms with van der Waals surface area (Å²) in [6.07, 6.45) is 0.